The SMILES string of the molecule is COC1(CC(=O)N(C)C(C)c2ccc(O)cc2)CCC1. The fraction of sp³-hybridized carbons (Fsp3) is 0.562. The average Bonchev–Trinajstić information content (AvgIpc) is 2.42. The van der Waals surface area contributed by atoms with Crippen LogP contribution in [0.15, 0.2) is 24.3 Å². The molecule has 0 aromatic heterocycles. The highest BCUT2D eigenvalue weighted by molar-refractivity contribution is 5.77. The number of aromatic hydroxyl groups is 1. The predicted molar refractivity (Wildman–Crippen MR) is 77.5 cm³/mol. The van der Waals surface area contributed by atoms with Crippen molar-refractivity contribution in [1.82, 2.24) is 4.90 Å². The maximum Gasteiger partial charge on any atom is 0.225 e. The van der Waals surface area contributed by atoms with Crippen molar-refractivity contribution >= 4 is 5.91 Å². The van der Waals surface area contributed by atoms with E-state index in [1.165, 1.54) is 0 Å². The van der Waals surface area contributed by atoms with Crippen LogP contribution in [0.1, 0.15) is 44.2 Å². The molecule has 1 amide bonds. The number of nitrogens with zero attached hydrogens (tertiary/aromatic N) is 1. The molecule has 0 aliphatic heterocycles. The molecule has 0 spiro atoms. The summed E-state index contributed by atoms with van der Waals surface area (Å²) in [6.07, 6.45) is 3.52. The molecule has 110 valence electrons. The van der Waals surface area contributed by atoms with Gasteiger partial charge in [-0.3, -0.25) is 4.79 Å². The van der Waals surface area contributed by atoms with Crippen molar-refractivity contribution in [2.24, 2.45) is 0 Å². The van der Waals surface area contributed by atoms with E-state index in [4.69, 9.17) is 4.74 Å². The minimum atomic E-state index is -0.236. The largest absolute Gasteiger partial charge is 0.508 e. The van der Waals surface area contributed by atoms with Crippen LogP contribution in [0, 0.1) is 0 Å². The van der Waals surface area contributed by atoms with Crippen molar-refractivity contribution in [3.8, 4) is 5.75 Å². The Hall–Kier alpha value is -1.55. The molecular weight excluding hydrogens is 254 g/mol. The van der Waals surface area contributed by atoms with Gasteiger partial charge in [-0.05, 0) is 43.9 Å². The third-order valence-electron chi connectivity index (χ3n) is 4.52. The number of phenols is 1. The maximum absolute atomic E-state index is 12.4. The first-order valence-corrected chi connectivity index (χ1v) is 7.07. The van der Waals surface area contributed by atoms with Crippen LogP contribution in [0.2, 0.25) is 0 Å². The fourth-order valence-electron chi connectivity index (χ4n) is 2.62. The van der Waals surface area contributed by atoms with E-state index in [2.05, 4.69) is 0 Å². The van der Waals surface area contributed by atoms with Gasteiger partial charge >= 0.3 is 0 Å². The third-order valence-corrected chi connectivity index (χ3v) is 4.52. The van der Waals surface area contributed by atoms with E-state index in [1.807, 2.05) is 26.1 Å². The zero-order valence-electron chi connectivity index (χ0n) is 12.4. The van der Waals surface area contributed by atoms with Crippen LogP contribution in [0.5, 0.6) is 5.75 Å². The lowest BCUT2D eigenvalue weighted by atomic mass is 9.77. The quantitative estimate of drug-likeness (QED) is 0.900. The molecule has 1 aliphatic rings. The highest BCUT2D eigenvalue weighted by atomic mass is 16.5. The summed E-state index contributed by atoms with van der Waals surface area (Å²) < 4.78 is 5.52. The van der Waals surface area contributed by atoms with Crippen LogP contribution in [-0.2, 0) is 9.53 Å². The Labute approximate surface area is 120 Å². The molecule has 0 radical (unpaired) electrons. The second-order valence-corrected chi connectivity index (χ2v) is 5.69. The van der Waals surface area contributed by atoms with Crippen molar-refractivity contribution < 1.29 is 14.6 Å². The van der Waals surface area contributed by atoms with E-state index in [9.17, 15) is 9.90 Å². The summed E-state index contributed by atoms with van der Waals surface area (Å²) in [5.74, 6) is 0.342. The van der Waals surface area contributed by atoms with Gasteiger partial charge in [0.05, 0.1) is 18.1 Å². The lowest BCUT2D eigenvalue weighted by Crippen LogP contribution is -2.44. The van der Waals surface area contributed by atoms with Gasteiger partial charge in [-0.25, -0.2) is 0 Å². The summed E-state index contributed by atoms with van der Waals surface area (Å²) in [5.41, 5.74) is 0.777. The Bertz CT molecular complexity index is 460. The first-order valence-electron chi connectivity index (χ1n) is 7.07. The number of rotatable bonds is 5. The topological polar surface area (TPSA) is 49.8 Å². The van der Waals surface area contributed by atoms with E-state index in [1.54, 1.807) is 24.1 Å². The lowest BCUT2D eigenvalue weighted by Gasteiger charge is -2.41. The van der Waals surface area contributed by atoms with Crippen LogP contribution in [0.3, 0.4) is 0 Å². The van der Waals surface area contributed by atoms with E-state index in [0.717, 1.165) is 24.8 Å². The van der Waals surface area contributed by atoms with Gasteiger partial charge in [0.25, 0.3) is 0 Å². The molecule has 0 bridgehead atoms. The molecule has 1 unspecified atom stereocenters. The fourth-order valence-corrected chi connectivity index (χ4v) is 2.62. The number of phenolic OH excluding ortho intramolecular Hbond substituents is 1. The number of methoxy groups -OCH3 is 1. The third kappa shape index (κ3) is 2.96. The maximum atomic E-state index is 12.4. The van der Waals surface area contributed by atoms with E-state index in [-0.39, 0.29) is 23.3 Å². The first kappa shape index (κ1) is 14.9. The van der Waals surface area contributed by atoms with Crippen molar-refractivity contribution in [2.45, 2.75) is 44.2 Å². The van der Waals surface area contributed by atoms with Gasteiger partial charge in [0, 0.05) is 14.2 Å². The molecule has 4 nitrogen and oxygen atoms in total. The highest BCUT2D eigenvalue weighted by Gasteiger charge is 2.40. The Morgan fingerprint density at radius 3 is 2.45 bits per heavy atom. The smallest absolute Gasteiger partial charge is 0.225 e. The zero-order valence-corrected chi connectivity index (χ0v) is 12.4. The summed E-state index contributed by atoms with van der Waals surface area (Å²) >= 11 is 0. The summed E-state index contributed by atoms with van der Waals surface area (Å²) in [6.45, 7) is 1.99. The second kappa shape index (κ2) is 5.83. The van der Waals surface area contributed by atoms with Gasteiger partial charge in [-0.2, -0.15) is 0 Å². The minimum absolute atomic E-state index is 0.0166. The molecule has 1 aromatic carbocycles. The van der Waals surface area contributed by atoms with Gasteiger partial charge in [-0.1, -0.05) is 12.1 Å². The van der Waals surface area contributed by atoms with Gasteiger partial charge in [0.2, 0.25) is 5.91 Å². The van der Waals surface area contributed by atoms with Crippen molar-refractivity contribution in [3.05, 3.63) is 29.8 Å². The molecule has 1 aromatic rings. The number of hydrogen-bond acceptors (Lipinski definition) is 3. The summed E-state index contributed by atoms with van der Waals surface area (Å²) in [5, 5.41) is 9.31. The van der Waals surface area contributed by atoms with Crippen LogP contribution in [-0.4, -0.2) is 35.7 Å². The van der Waals surface area contributed by atoms with E-state index >= 15 is 0 Å². The monoisotopic (exact) mass is 277 g/mol. The van der Waals surface area contributed by atoms with Gasteiger partial charge in [-0.15, -0.1) is 0 Å². The van der Waals surface area contributed by atoms with Gasteiger partial charge in [0.1, 0.15) is 5.75 Å². The van der Waals surface area contributed by atoms with Gasteiger partial charge in [0.15, 0.2) is 0 Å². The lowest BCUT2D eigenvalue weighted by molar-refractivity contribution is -0.144. The molecular formula is C16H23NO3. The first-order chi connectivity index (χ1) is 9.47. The summed E-state index contributed by atoms with van der Waals surface area (Å²) in [7, 11) is 3.51. The Kier molecular flexibility index (Phi) is 4.33. The normalized spacial score (nSPS) is 18.1. The highest BCUT2D eigenvalue weighted by Crippen LogP contribution is 2.38. The minimum Gasteiger partial charge on any atom is -0.508 e. The molecule has 0 heterocycles. The number of carbonyl (C=O) groups excluding carboxylic acids is 1. The number of ether oxygens (including phenoxy) is 1. The molecule has 1 saturated carbocycles. The standard InChI is InChI=1S/C16H23NO3/c1-12(13-5-7-14(18)8-6-13)17(2)15(19)11-16(20-3)9-4-10-16/h5-8,12,18H,4,9-11H2,1-3H3. The number of amides is 1. The molecule has 20 heavy (non-hydrogen) atoms. The van der Waals surface area contributed by atoms with Crippen molar-refractivity contribution in [2.75, 3.05) is 14.2 Å². The van der Waals surface area contributed by atoms with Gasteiger partial charge < -0.3 is 14.7 Å². The van der Waals surface area contributed by atoms with Crippen molar-refractivity contribution in [1.29, 1.82) is 0 Å². The van der Waals surface area contributed by atoms with Crippen LogP contribution < -0.4 is 0 Å². The van der Waals surface area contributed by atoms with E-state index in [0.29, 0.717) is 6.42 Å². The summed E-state index contributed by atoms with van der Waals surface area (Å²) in [4.78, 5) is 14.1. The number of carbonyl (C=O) groups is 1. The molecule has 1 aliphatic carbocycles. The molecule has 1 fully saturated rings. The van der Waals surface area contributed by atoms with Crippen molar-refractivity contribution in [3.63, 3.8) is 0 Å². The molecule has 4 heteroatoms. The molecule has 1 atom stereocenters. The Balaban J connectivity index is 2.00. The number of hydrogen-bond donors (Lipinski definition) is 1. The Morgan fingerprint density at radius 1 is 1.40 bits per heavy atom. The average molecular weight is 277 g/mol. The molecule has 2 rings (SSSR count). The van der Waals surface area contributed by atoms with E-state index < -0.39 is 0 Å². The number of benzene rings is 1. The molecule has 0 saturated heterocycles. The van der Waals surface area contributed by atoms with Crippen LogP contribution in [0.4, 0.5) is 0 Å². The second-order valence-electron chi connectivity index (χ2n) is 5.69. The molecule has 1 N–H and O–H groups in total. The predicted octanol–water partition coefficient (Wildman–Crippen LogP) is 2.87. The Morgan fingerprint density at radius 2 is 2.00 bits per heavy atom. The van der Waals surface area contributed by atoms with Crippen LogP contribution in [0.25, 0.3) is 0 Å². The zero-order chi connectivity index (χ0) is 14.8. The van der Waals surface area contributed by atoms with Crippen LogP contribution >= 0.6 is 0 Å². The summed E-state index contributed by atoms with van der Waals surface area (Å²) in [6, 6.07) is 6.97.